The summed E-state index contributed by atoms with van der Waals surface area (Å²) >= 11 is 0. The van der Waals surface area contributed by atoms with E-state index >= 15 is 0 Å². The first-order chi connectivity index (χ1) is 9.56. The maximum Gasteiger partial charge on any atom is 0.485 e. The van der Waals surface area contributed by atoms with Gasteiger partial charge in [0.05, 0.1) is 37.2 Å². The molecule has 0 aromatic heterocycles. The normalized spacial score (nSPS) is 33.2. The Hall–Kier alpha value is -1.53. The Kier molecular flexibility index (Phi) is 4.35. The van der Waals surface area contributed by atoms with E-state index < -0.39 is 16.5 Å². The first-order valence-electron chi connectivity index (χ1n) is 5.81. The summed E-state index contributed by atoms with van der Waals surface area (Å²) in [6.07, 6.45) is 1.08. The van der Waals surface area contributed by atoms with Crippen molar-refractivity contribution in [3.8, 4) is 6.07 Å². The first-order valence-corrected chi connectivity index (χ1v) is 6.33. The molecule has 0 aromatic rings. The number of rotatable bonds is 5. The second-order valence-electron chi connectivity index (χ2n) is 4.18. The fraction of sp³-hybridized carbons (Fsp3) is 0.778. The molecule has 1 saturated heterocycles. The molecule has 0 aliphatic carbocycles. The Balaban J connectivity index is 2.35. The summed E-state index contributed by atoms with van der Waals surface area (Å²) in [7, 11) is 2.44. The number of nitrogens with zero attached hydrogens (tertiary/aromatic N) is 6. The van der Waals surface area contributed by atoms with Crippen LogP contribution in [0, 0.1) is 21.4 Å². The molecule has 10 nitrogen and oxygen atoms in total. The Morgan fingerprint density at radius 3 is 3.05 bits per heavy atom. The molecule has 0 saturated carbocycles. The predicted molar refractivity (Wildman–Crippen MR) is 69.2 cm³/mol. The van der Waals surface area contributed by atoms with E-state index in [4.69, 9.17) is 14.7 Å². The van der Waals surface area contributed by atoms with Crippen LogP contribution in [-0.4, -0.2) is 53.8 Å². The maximum atomic E-state index is 11.5. The lowest BCUT2D eigenvalue weighted by Gasteiger charge is -2.41. The number of morpholine rings is 1. The van der Waals surface area contributed by atoms with Crippen LogP contribution in [0.25, 0.3) is 0 Å². The van der Waals surface area contributed by atoms with Gasteiger partial charge in [0.1, 0.15) is 6.34 Å². The third-order valence-corrected chi connectivity index (χ3v) is 3.37. The molecular weight excluding hydrogens is 287 g/mol. The second kappa shape index (κ2) is 5.85. The Labute approximate surface area is 116 Å². The highest BCUT2D eigenvalue weighted by Gasteiger charge is 2.69. The number of hydrogen-bond acceptors (Lipinski definition) is 9. The smallest absolute Gasteiger partial charge is 0.338 e. The van der Waals surface area contributed by atoms with Crippen LogP contribution in [0.1, 0.15) is 6.42 Å². The van der Waals surface area contributed by atoms with Gasteiger partial charge in [-0.15, -0.1) is 5.11 Å². The van der Waals surface area contributed by atoms with Gasteiger partial charge in [-0.25, -0.2) is 0 Å². The van der Waals surface area contributed by atoms with Crippen LogP contribution < -0.4 is 0 Å². The van der Waals surface area contributed by atoms with Crippen LogP contribution in [0.5, 0.6) is 0 Å². The van der Waals surface area contributed by atoms with Crippen LogP contribution in [-0.2, 0) is 9.47 Å². The summed E-state index contributed by atoms with van der Waals surface area (Å²) < 4.78 is 12.8. The van der Waals surface area contributed by atoms with Gasteiger partial charge in [-0.1, -0.05) is 14.5 Å². The molecule has 0 N–H and O–H groups in total. The molecule has 0 aromatic carbocycles. The molecule has 0 amide bonds. The van der Waals surface area contributed by atoms with Gasteiger partial charge in [0.25, 0.3) is 0 Å². The highest BCUT2D eigenvalue weighted by molar-refractivity contribution is 7.13. The zero-order valence-electron chi connectivity index (χ0n) is 10.5. The van der Waals surface area contributed by atoms with Crippen molar-refractivity contribution in [2.45, 2.75) is 18.0 Å². The van der Waals surface area contributed by atoms with Gasteiger partial charge in [-0.2, -0.15) is 10.3 Å². The van der Waals surface area contributed by atoms with E-state index in [1.54, 1.807) is 4.67 Å². The van der Waals surface area contributed by atoms with Crippen molar-refractivity contribution in [3.63, 3.8) is 0 Å². The summed E-state index contributed by atoms with van der Waals surface area (Å²) in [5.74, 6) is -3.87. The molecule has 3 atom stereocenters. The van der Waals surface area contributed by atoms with Crippen molar-refractivity contribution in [1.82, 2.24) is 4.67 Å². The lowest BCUT2D eigenvalue weighted by atomic mass is 10.1. The molecule has 2 aliphatic rings. The van der Waals surface area contributed by atoms with E-state index in [1.165, 1.54) is 0 Å². The van der Waals surface area contributed by atoms with E-state index in [2.05, 4.69) is 24.6 Å². The zero-order chi connectivity index (χ0) is 14.6. The Bertz CT molecular complexity index is 479. The van der Waals surface area contributed by atoms with Crippen LogP contribution in [0.4, 0.5) is 0 Å². The van der Waals surface area contributed by atoms with E-state index in [9.17, 15) is 10.1 Å². The van der Waals surface area contributed by atoms with Crippen LogP contribution in [0.2, 0.25) is 0 Å². The topological polar surface area (TPSA) is 126 Å². The molecule has 0 radical (unpaired) electrons. The van der Waals surface area contributed by atoms with Gasteiger partial charge < -0.3 is 9.47 Å². The lowest BCUT2D eigenvalue weighted by molar-refractivity contribution is -0.614. The lowest BCUT2D eigenvalue weighted by Crippen LogP contribution is -2.66. The Morgan fingerprint density at radius 2 is 2.50 bits per heavy atom. The van der Waals surface area contributed by atoms with E-state index in [0.29, 0.717) is 6.54 Å². The average molecular weight is 300 g/mol. The summed E-state index contributed by atoms with van der Waals surface area (Å²) in [6, 6.07) is 1.91. The highest BCUT2D eigenvalue weighted by Crippen LogP contribution is 2.39. The second-order valence-corrected chi connectivity index (χ2v) is 4.91. The van der Waals surface area contributed by atoms with Crippen molar-refractivity contribution >= 4 is 15.7 Å². The first kappa shape index (κ1) is 14.9. The molecule has 11 heteroatoms. The third kappa shape index (κ3) is 2.41. The largest absolute Gasteiger partial charge is 0.485 e. The van der Waals surface area contributed by atoms with Gasteiger partial charge in [0.2, 0.25) is 0 Å². The van der Waals surface area contributed by atoms with Crippen LogP contribution in [0.3, 0.4) is 0 Å². The van der Waals surface area contributed by atoms with Gasteiger partial charge in [0.15, 0.2) is 0 Å². The Morgan fingerprint density at radius 1 is 1.70 bits per heavy atom. The van der Waals surface area contributed by atoms with Gasteiger partial charge in [-0.3, -0.25) is 14.8 Å². The fourth-order valence-electron chi connectivity index (χ4n) is 2.00. The van der Waals surface area contributed by atoms with Crippen LogP contribution >= 0.6 is 9.39 Å². The van der Waals surface area contributed by atoms with E-state index in [1.807, 2.05) is 6.07 Å². The van der Waals surface area contributed by atoms with E-state index in [0.717, 1.165) is 6.34 Å². The van der Waals surface area contributed by atoms with Crippen molar-refractivity contribution in [2.24, 2.45) is 15.2 Å². The van der Waals surface area contributed by atoms with Gasteiger partial charge in [-0.05, 0) is 0 Å². The van der Waals surface area contributed by atoms with Gasteiger partial charge >= 0.3 is 11.6 Å². The fourth-order valence-corrected chi connectivity index (χ4v) is 2.35. The molecule has 0 bridgehead atoms. The molecule has 0 spiro atoms. The minimum absolute atomic E-state index is 0.0182. The standard InChI is InChI=1S/C9H13N6O4P/c10-2-1-4-18-8(6-14(20)3-5-19-8)9(15(16)17)11-7-12-13-9/h7H,1,3-6,20H2. The number of aliphatic imine (C=N–C) groups is 1. The summed E-state index contributed by atoms with van der Waals surface area (Å²) in [6.45, 7) is 0.843. The van der Waals surface area contributed by atoms with Gasteiger partial charge in [0, 0.05) is 6.54 Å². The monoisotopic (exact) mass is 300 g/mol. The number of nitro groups is 1. The third-order valence-electron chi connectivity index (χ3n) is 2.93. The quantitative estimate of drug-likeness (QED) is 0.308. The number of ether oxygens (including phenoxy) is 2. The number of azo groups is 1. The van der Waals surface area contributed by atoms with Crippen molar-refractivity contribution in [1.29, 1.82) is 5.26 Å². The number of nitriles is 1. The average Bonchev–Trinajstić information content (AvgIpc) is 2.90. The highest BCUT2D eigenvalue weighted by atomic mass is 31.0. The molecule has 2 aliphatic heterocycles. The van der Waals surface area contributed by atoms with Crippen molar-refractivity contribution in [3.05, 3.63) is 10.1 Å². The molecule has 2 heterocycles. The minimum Gasteiger partial charge on any atom is -0.338 e. The number of hydrogen-bond donors (Lipinski definition) is 0. The minimum atomic E-state index is -2.17. The molecule has 108 valence electrons. The van der Waals surface area contributed by atoms with Crippen molar-refractivity contribution < 1.29 is 14.4 Å². The molecular formula is C9H13N6O4P. The summed E-state index contributed by atoms with van der Waals surface area (Å²) in [5.41, 5.74) is 0. The van der Waals surface area contributed by atoms with E-state index in [-0.39, 0.29) is 26.2 Å². The SMILES string of the molecule is N#CCCOC1(C2([N+](=O)[O-])N=CN=N2)CN(P)CCO1. The molecule has 2 rings (SSSR count). The molecule has 1 fully saturated rings. The van der Waals surface area contributed by atoms with Crippen molar-refractivity contribution in [2.75, 3.05) is 26.3 Å². The predicted octanol–water partition coefficient (Wildman–Crippen LogP) is 0.160. The van der Waals surface area contributed by atoms with Crippen LogP contribution in [0.15, 0.2) is 15.2 Å². The zero-order valence-corrected chi connectivity index (χ0v) is 11.7. The molecule has 3 unspecified atom stereocenters. The molecule has 20 heavy (non-hydrogen) atoms. The summed E-state index contributed by atoms with van der Waals surface area (Å²) in [5, 5.41) is 27.1. The maximum absolute atomic E-state index is 11.5. The summed E-state index contributed by atoms with van der Waals surface area (Å²) in [4.78, 5) is 14.5.